The Kier molecular flexibility index (Phi) is 7.95. The number of fused-ring (bicyclic) bond motifs is 2. The van der Waals surface area contributed by atoms with Gasteiger partial charge in [-0.1, -0.05) is 64.3 Å². The lowest BCUT2D eigenvalue weighted by atomic mass is 9.74. The molecule has 1 spiro atoms. The van der Waals surface area contributed by atoms with Gasteiger partial charge in [0.05, 0.1) is 30.8 Å². The molecule has 0 saturated carbocycles. The summed E-state index contributed by atoms with van der Waals surface area (Å²) in [6.45, 7) is 8.95. The van der Waals surface area contributed by atoms with E-state index in [1.165, 1.54) is 0 Å². The predicted octanol–water partition coefficient (Wildman–Crippen LogP) is 2.85. The highest BCUT2D eigenvalue weighted by Gasteiger charge is 2.75. The number of ether oxygens (including phenoxy) is 2. The monoisotopic (exact) mass is 502 g/mol. The Balaban J connectivity index is 1.85. The molecule has 8 nitrogen and oxygen atoms in total. The van der Waals surface area contributed by atoms with Gasteiger partial charge in [0.25, 0.3) is 0 Å². The molecule has 0 aliphatic carbocycles. The maximum atomic E-state index is 14.3. The number of likely N-dealkylation sites (tertiary alicyclic amines) is 1. The largest absolute Gasteiger partial charge is 0.465 e. The highest BCUT2D eigenvalue weighted by atomic mass is 16.6. The van der Waals surface area contributed by atoms with E-state index in [-0.39, 0.29) is 30.9 Å². The smallest absolute Gasteiger partial charge is 0.313 e. The Hall–Kier alpha value is -2.19. The summed E-state index contributed by atoms with van der Waals surface area (Å²) >= 11 is 0. The zero-order valence-electron chi connectivity index (χ0n) is 22.2. The van der Waals surface area contributed by atoms with E-state index in [4.69, 9.17) is 9.47 Å². The first-order valence-corrected chi connectivity index (χ1v) is 13.7. The number of aliphatic hydroxyl groups is 1. The Morgan fingerprint density at radius 2 is 1.89 bits per heavy atom. The number of cyclic esters (lactones) is 1. The third-order valence-corrected chi connectivity index (χ3v) is 8.65. The Morgan fingerprint density at radius 1 is 1.11 bits per heavy atom. The molecule has 4 aliphatic rings. The van der Waals surface area contributed by atoms with Crippen LogP contribution in [-0.2, 0) is 23.9 Å². The minimum Gasteiger partial charge on any atom is -0.465 e. The van der Waals surface area contributed by atoms with E-state index >= 15 is 0 Å². The van der Waals surface area contributed by atoms with E-state index in [1.807, 2.05) is 45.1 Å². The van der Waals surface area contributed by atoms with E-state index in [0.717, 1.165) is 32.1 Å². The highest BCUT2D eigenvalue weighted by molar-refractivity contribution is 5.99. The van der Waals surface area contributed by atoms with Gasteiger partial charge in [-0.05, 0) is 32.1 Å². The minimum atomic E-state index is -1.31. The second-order valence-electron chi connectivity index (χ2n) is 11.0. The third kappa shape index (κ3) is 4.30. The number of hydrogen-bond acceptors (Lipinski definition) is 6. The van der Waals surface area contributed by atoms with Gasteiger partial charge in [0.15, 0.2) is 0 Å². The van der Waals surface area contributed by atoms with E-state index in [1.54, 1.807) is 9.80 Å². The minimum absolute atomic E-state index is 0.0397. The summed E-state index contributed by atoms with van der Waals surface area (Å²) < 4.78 is 12.4. The van der Waals surface area contributed by atoms with E-state index in [0.29, 0.717) is 19.5 Å². The molecule has 4 heterocycles. The lowest BCUT2D eigenvalue weighted by Crippen LogP contribution is -2.59. The summed E-state index contributed by atoms with van der Waals surface area (Å²) in [4.78, 5) is 45.3. The van der Waals surface area contributed by atoms with Crippen molar-refractivity contribution in [3.63, 3.8) is 0 Å². The summed E-state index contributed by atoms with van der Waals surface area (Å²) in [7, 11) is 0. The van der Waals surface area contributed by atoms with Gasteiger partial charge in [0, 0.05) is 13.1 Å². The van der Waals surface area contributed by atoms with Crippen molar-refractivity contribution in [1.82, 2.24) is 9.80 Å². The zero-order chi connectivity index (χ0) is 26.1. The van der Waals surface area contributed by atoms with Crippen molar-refractivity contribution in [2.45, 2.75) is 89.5 Å². The van der Waals surface area contributed by atoms with Gasteiger partial charge in [-0.25, -0.2) is 0 Å². The van der Waals surface area contributed by atoms with Crippen molar-refractivity contribution in [3.8, 4) is 0 Å². The standard InChI is InChI=1S/C28H42N2O6/c1-5-7-10-15-29-16-12-14-28-21(22-26(34)35-17-11-8-9-13-27(22,4)36-28)24(32)30(23(28)25(29)33)20(18-31)19(3)6-2/h9,12-14,19-23,31H,5-8,10-11,15-18H2,1-4H3/b13-9-/t19-,20-,21-,22-,23?,27+,28-/m0/s1. The second-order valence-corrected chi connectivity index (χ2v) is 11.0. The summed E-state index contributed by atoms with van der Waals surface area (Å²) in [5.74, 6) is -2.79. The normalized spacial score (nSPS) is 36.7. The molecule has 1 N–H and O–H groups in total. The van der Waals surface area contributed by atoms with Crippen LogP contribution in [0.15, 0.2) is 24.3 Å². The number of allylic oxidation sites excluding steroid dienone is 1. The molecular formula is C28H42N2O6. The van der Waals surface area contributed by atoms with Crippen LogP contribution in [0.4, 0.5) is 0 Å². The zero-order valence-corrected chi connectivity index (χ0v) is 22.2. The summed E-state index contributed by atoms with van der Waals surface area (Å²) in [5, 5.41) is 10.4. The Morgan fingerprint density at radius 3 is 2.58 bits per heavy atom. The van der Waals surface area contributed by atoms with Gasteiger partial charge in [-0.15, -0.1) is 0 Å². The maximum Gasteiger partial charge on any atom is 0.313 e. The van der Waals surface area contributed by atoms with E-state index in [2.05, 4.69) is 6.92 Å². The van der Waals surface area contributed by atoms with Crippen molar-refractivity contribution < 1.29 is 29.0 Å². The summed E-state index contributed by atoms with van der Waals surface area (Å²) in [6.07, 6.45) is 12.7. The first-order chi connectivity index (χ1) is 17.3. The Bertz CT molecular complexity index is 918. The van der Waals surface area contributed by atoms with Gasteiger partial charge >= 0.3 is 5.97 Å². The molecule has 0 bridgehead atoms. The number of esters is 1. The summed E-state index contributed by atoms with van der Waals surface area (Å²) in [6, 6.07) is -1.50. The third-order valence-electron chi connectivity index (χ3n) is 8.65. The molecule has 2 saturated heterocycles. The molecule has 0 radical (unpaired) electrons. The molecule has 2 fully saturated rings. The average molecular weight is 503 g/mol. The molecule has 0 aromatic rings. The molecule has 4 rings (SSSR count). The lowest BCUT2D eigenvalue weighted by Gasteiger charge is -2.41. The van der Waals surface area contributed by atoms with Crippen LogP contribution in [0.5, 0.6) is 0 Å². The fourth-order valence-corrected chi connectivity index (χ4v) is 6.55. The van der Waals surface area contributed by atoms with Crippen molar-refractivity contribution in [2.24, 2.45) is 17.8 Å². The predicted molar refractivity (Wildman–Crippen MR) is 135 cm³/mol. The SMILES string of the molecule is CCCCCN1CC=C[C@]23O[C@]4(C)/C=C\CCCOC(=O)[C@@H]4[C@H]2C(=O)N([C@@H](CO)[C@@H](C)CC)C3C1=O. The average Bonchev–Trinajstić information content (AvgIpc) is 3.21. The van der Waals surface area contributed by atoms with Crippen molar-refractivity contribution in [1.29, 1.82) is 0 Å². The van der Waals surface area contributed by atoms with Gasteiger partial charge < -0.3 is 24.4 Å². The van der Waals surface area contributed by atoms with Crippen molar-refractivity contribution in [2.75, 3.05) is 26.3 Å². The van der Waals surface area contributed by atoms with Crippen LogP contribution < -0.4 is 0 Å². The maximum absolute atomic E-state index is 14.3. The summed E-state index contributed by atoms with van der Waals surface area (Å²) in [5.41, 5.74) is -2.39. The lowest BCUT2D eigenvalue weighted by molar-refractivity contribution is -0.162. The van der Waals surface area contributed by atoms with Crippen LogP contribution in [0.3, 0.4) is 0 Å². The van der Waals surface area contributed by atoms with Crippen LogP contribution in [0.25, 0.3) is 0 Å². The number of hydrogen-bond donors (Lipinski definition) is 1. The van der Waals surface area contributed by atoms with Crippen LogP contribution >= 0.6 is 0 Å². The molecule has 4 aliphatic heterocycles. The molecule has 36 heavy (non-hydrogen) atoms. The van der Waals surface area contributed by atoms with E-state index < -0.39 is 41.1 Å². The number of rotatable bonds is 8. The van der Waals surface area contributed by atoms with Gasteiger partial charge in [0.1, 0.15) is 17.6 Å². The molecule has 200 valence electrons. The number of amides is 2. The molecule has 7 atom stereocenters. The van der Waals surface area contributed by atoms with Crippen molar-refractivity contribution in [3.05, 3.63) is 24.3 Å². The Labute approximate surface area is 214 Å². The highest BCUT2D eigenvalue weighted by Crippen LogP contribution is 2.57. The van der Waals surface area contributed by atoms with Crippen LogP contribution in [0.2, 0.25) is 0 Å². The topological polar surface area (TPSA) is 96.4 Å². The molecular weight excluding hydrogens is 460 g/mol. The number of carbonyl (C=O) groups excluding carboxylic acids is 3. The van der Waals surface area contributed by atoms with Crippen LogP contribution in [-0.4, -0.2) is 82.3 Å². The number of aliphatic hydroxyl groups excluding tert-OH is 1. The van der Waals surface area contributed by atoms with Crippen LogP contribution in [0, 0.1) is 17.8 Å². The fourth-order valence-electron chi connectivity index (χ4n) is 6.55. The fraction of sp³-hybridized carbons (Fsp3) is 0.750. The molecule has 2 amide bonds. The first-order valence-electron chi connectivity index (χ1n) is 13.7. The quantitative estimate of drug-likeness (QED) is 0.312. The van der Waals surface area contributed by atoms with Gasteiger partial charge in [-0.2, -0.15) is 0 Å². The number of carbonyl (C=O) groups is 3. The molecule has 0 aromatic heterocycles. The first kappa shape index (κ1) is 26.9. The second kappa shape index (κ2) is 10.7. The van der Waals surface area contributed by atoms with Crippen LogP contribution in [0.1, 0.15) is 66.2 Å². The van der Waals surface area contributed by atoms with Gasteiger partial charge in [-0.3, -0.25) is 14.4 Å². The molecule has 8 heteroatoms. The number of nitrogens with zero attached hydrogens (tertiary/aromatic N) is 2. The van der Waals surface area contributed by atoms with Crippen molar-refractivity contribution >= 4 is 17.8 Å². The molecule has 1 unspecified atom stereocenters. The van der Waals surface area contributed by atoms with Gasteiger partial charge in [0.2, 0.25) is 11.8 Å². The van der Waals surface area contributed by atoms with E-state index in [9.17, 15) is 19.5 Å². The molecule has 0 aromatic carbocycles. The number of unbranched alkanes of at least 4 members (excludes halogenated alkanes) is 2.